The monoisotopic (exact) mass is 301 g/mol. The zero-order valence-electron chi connectivity index (χ0n) is 10.5. The maximum absolute atomic E-state index is 11.0. The number of hydrogen-bond acceptors (Lipinski definition) is 5. The Morgan fingerprint density at radius 2 is 1.86 bits per heavy atom. The highest BCUT2D eigenvalue weighted by molar-refractivity contribution is 6.29. The highest BCUT2D eigenvalue weighted by atomic mass is 35.5. The lowest BCUT2D eigenvalue weighted by molar-refractivity contribution is 0.0697. The highest BCUT2D eigenvalue weighted by Crippen LogP contribution is 2.24. The topological polar surface area (TPSA) is 89.1 Å². The zero-order valence-corrected chi connectivity index (χ0v) is 11.3. The first-order valence-electron chi connectivity index (χ1n) is 5.92. The van der Waals surface area contributed by atoms with Crippen molar-refractivity contribution in [2.24, 2.45) is 0 Å². The lowest BCUT2D eigenvalue weighted by atomic mass is 10.1. The summed E-state index contributed by atoms with van der Waals surface area (Å²) in [5.41, 5.74) is 1.32. The molecular weight excluding hydrogens is 294 g/mol. The zero-order chi connectivity index (χ0) is 14.8. The van der Waals surface area contributed by atoms with Crippen molar-refractivity contribution in [3.05, 3.63) is 53.3 Å². The Morgan fingerprint density at radius 3 is 2.52 bits per heavy atom. The van der Waals surface area contributed by atoms with Gasteiger partial charge in [0, 0.05) is 11.8 Å². The number of benzene rings is 1. The van der Waals surface area contributed by atoms with Crippen molar-refractivity contribution in [3.63, 3.8) is 0 Å². The number of pyridine rings is 1. The number of carboxylic acid groups (broad SMARTS) is 1. The number of hydrogen-bond donors (Lipinski definition) is 1. The van der Waals surface area contributed by atoms with Crippen LogP contribution in [0.5, 0.6) is 0 Å². The second kappa shape index (κ2) is 5.34. The number of rotatable bonds is 3. The van der Waals surface area contributed by atoms with E-state index in [1.54, 1.807) is 24.3 Å². The Bertz CT molecular complexity index is 799. The molecule has 6 nitrogen and oxygen atoms in total. The molecule has 1 aromatic carbocycles. The number of aromatic nitrogens is 3. The molecule has 0 radical (unpaired) electrons. The van der Waals surface area contributed by atoms with E-state index >= 15 is 0 Å². The Balaban J connectivity index is 1.96. The number of aromatic carboxylic acids is 1. The van der Waals surface area contributed by atoms with Crippen molar-refractivity contribution in [2.75, 3.05) is 0 Å². The molecule has 0 aliphatic rings. The van der Waals surface area contributed by atoms with Gasteiger partial charge in [0.2, 0.25) is 11.8 Å². The maximum Gasteiger partial charge on any atom is 0.335 e. The fraction of sp³-hybridized carbons (Fsp3) is 0. The molecule has 1 N–H and O–H groups in total. The van der Waals surface area contributed by atoms with Gasteiger partial charge in [-0.1, -0.05) is 17.7 Å². The van der Waals surface area contributed by atoms with Crippen molar-refractivity contribution in [1.29, 1.82) is 0 Å². The standard InChI is InChI=1S/C14H8ClN3O3/c15-11-5-4-10(7-16-11)13-18-17-12(21-13)8-2-1-3-9(6-8)14(19)20/h1-7H,(H,19,20). The smallest absolute Gasteiger partial charge is 0.335 e. The average Bonchev–Trinajstić information content (AvgIpc) is 2.98. The molecule has 2 aromatic heterocycles. The molecule has 0 atom stereocenters. The Labute approximate surface area is 124 Å². The minimum atomic E-state index is -1.02. The van der Waals surface area contributed by atoms with E-state index in [-0.39, 0.29) is 17.3 Å². The molecule has 0 bridgehead atoms. The van der Waals surface area contributed by atoms with Crippen LogP contribution in [0.4, 0.5) is 0 Å². The number of nitrogens with zero attached hydrogens (tertiary/aromatic N) is 3. The Kier molecular flexibility index (Phi) is 3.37. The van der Waals surface area contributed by atoms with Crippen LogP contribution in [0, 0.1) is 0 Å². The molecule has 0 saturated carbocycles. The third-order valence-electron chi connectivity index (χ3n) is 2.76. The van der Waals surface area contributed by atoms with Gasteiger partial charge in [0.05, 0.1) is 11.1 Å². The minimum Gasteiger partial charge on any atom is -0.478 e. The third kappa shape index (κ3) is 2.75. The lowest BCUT2D eigenvalue weighted by Gasteiger charge is -1.97. The normalized spacial score (nSPS) is 10.5. The van der Waals surface area contributed by atoms with Gasteiger partial charge < -0.3 is 9.52 Å². The fourth-order valence-corrected chi connectivity index (χ4v) is 1.86. The van der Waals surface area contributed by atoms with Gasteiger partial charge in [-0.2, -0.15) is 0 Å². The predicted molar refractivity (Wildman–Crippen MR) is 74.9 cm³/mol. The second-order valence-electron chi connectivity index (χ2n) is 4.17. The lowest BCUT2D eigenvalue weighted by Crippen LogP contribution is -1.95. The molecule has 3 aromatic rings. The molecule has 0 aliphatic heterocycles. The van der Waals surface area contributed by atoms with Crippen LogP contribution in [0.1, 0.15) is 10.4 Å². The fourth-order valence-electron chi connectivity index (χ4n) is 1.74. The summed E-state index contributed by atoms with van der Waals surface area (Å²) in [5, 5.41) is 17.2. The van der Waals surface area contributed by atoms with E-state index in [1.807, 2.05) is 0 Å². The minimum absolute atomic E-state index is 0.153. The van der Waals surface area contributed by atoms with E-state index in [2.05, 4.69) is 15.2 Å². The van der Waals surface area contributed by atoms with Gasteiger partial charge in [0.15, 0.2) is 0 Å². The van der Waals surface area contributed by atoms with E-state index in [1.165, 1.54) is 18.3 Å². The van der Waals surface area contributed by atoms with Crippen molar-refractivity contribution in [2.45, 2.75) is 0 Å². The largest absolute Gasteiger partial charge is 0.478 e. The van der Waals surface area contributed by atoms with E-state index in [0.717, 1.165) is 0 Å². The first kappa shape index (κ1) is 13.3. The molecule has 3 rings (SSSR count). The van der Waals surface area contributed by atoms with Crippen molar-refractivity contribution >= 4 is 17.6 Å². The van der Waals surface area contributed by atoms with E-state index in [0.29, 0.717) is 16.3 Å². The van der Waals surface area contributed by atoms with Crippen LogP contribution in [0.3, 0.4) is 0 Å². The van der Waals surface area contributed by atoms with Gasteiger partial charge in [-0.05, 0) is 30.3 Å². The molecule has 104 valence electrons. The Morgan fingerprint density at radius 1 is 1.10 bits per heavy atom. The van der Waals surface area contributed by atoms with Gasteiger partial charge in [0.1, 0.15) is 5.15 Å². The summed E-state index contributed by atoms with van der Waals surface area (Å²) in [4.78, 5) is 14.9. The van der Waals surface area contributed by atoms with Gasteiger partial charge in [-0.3, -0.25) is 0 Å². The first-order chi connectivity index (χ1) is 10.1. The molecule has 0 saturated heterocycles. The second-order valence-corrected chi connectivity index (χ2v) is 4.56. The Hall–Kier alpha value is -2.73. The van der Waals surface area contributed by atoms with Gasteiger partial charge in [-0.15, -0.1) is 10.2 Å². The van der Waals surface area contributed by atoms with Crippen LogP contribution in [-0.4, -0.2) is 26.3 Å². The summed E-state index contributed by atoms with van der Waals surface area (Å²) in [5.74, 6) is -0.489. The molecule has 0 amide bonds. The number of carbonyl (C=O) groups is 1. The molecular formula is C14H8ClN3O3. The summed E-state index contributed by atoms with van der Waals surface area (Å²) in [6, 6.07) is 9.61. The highest BCUT2D eigenvalue weighted by Gasteiger charge is 2.12. The summed E-state index contributed by atoms with van der Waals surface area (Å²) in [6.45, 7) is 0. The van der Waals surface area contributed by atoms with Crippen LogP contribution < -0.4 is 0 Å². The molecule has 7 heteroatoms. The van der Waals surface area contributed by atoms with E-state index in [4.69, 9.17) is 21.1 Å². The third-order valence-corrected chi connectivity index (χ3v) is 2.98. The first-order valence-corrected chi connectivity index (χ1v) is 6.30. The average molecular weight is 302 g/mol. The van der Waals surface area contributed by atoms with Crippen LogP contribution in [-0.2, 0) is 0 Å². The van der Waals surface area contributed by atoms with Crippen LogP contribution in [0.2, 0.25) is 5.15 Å². The van der Waals surface area contributed by atoms with Gasteiger partial charge in [-0.25, -0.2) is 9.78 Å². The molecule has 0 aliphatic carbocycles. The summed E-state index contributed by atoms with van der Waals surface area (Å²) < 4.78 is 5.53. The molecule has 0 fully saturated rings. The van der Waals surface area contributed by atoms with Gasteiger partial charge in [0.25, 0.3) is 0 Å². The summed E-state index contributed by atoms with van der Waals surface area (Å²) in [7, 11) is 0. The maximum atomic E-state index is 11.0. The van der Waals surface area contributed by atoms with Crippen LogP contribution in [0.25, 0.3) is 22.9 Å². The van der Waals surface area contributed by atoms with Crippen molar-refractivity contribution < 1.29 is 14.3 Å². The van der Waals surface area contributed by atoms with E-state index in [9.17, 15) is 4.79 Å². The van der Waals surface area contributed by atoms with Crippen LogP contribution >= 0.6 is 11.6 Å². The van der Waals surface area contributed by atoms with Crippen molar-refractivity contribution in [3.8, 4) is 22.9 Å². The summed E-state index contributed by atoms with van der Waals surface area (Å²) >= 11 is 5.71. The number of halogens is 1. The predicted octanol–water partition coefficient (Wildman–Crippen LogP) is 3.15. The quantitative estimate of drug-likeness (QED) is 0.747. The van der Waals surface area contributed by atoms with E-state index < -0.39 is 5.97 Å². The van der Waals surface area contributed by atoms with Gasteiger partial charge >= 0.3 is 5.97 Å². The van der Waals surface area contributed by atoms with Crippen molar-refractivity contribution in [1.82, 2.24) is 15.2 Å². The number of carboxylic acids is 1. The molecule has 2 heterocycles. The SMILES string of the molecule is O=C(O)c1cccc(-c2nnc(-c3ccc(Cl)nc3)o2)c1. The molecule has 21 heavy (non-hydrogen) atoms. The molecule has 0 unspecified atom stereocenters. The summed E-state index contributed by atoms with van der Waals surface area (Å²) in [6.07, 6.45) is 1.52. The molecule has 0 spiro atoms. The van der Waals surface area contributed by atoms with Crippen LogP contribution in [0.15, 0.2) is 47.0 Å².